The SMILES string of the molecule is CCc1cccc(C)c1N(CCC(=O)Nc1cc(OC)ccc1OC)C(C)=O. The molecule has 150 valence electrons. The Kier molecular flexibility index (Phi) is 7.44. The monoisotopic (exact) mass is 384 g/mol. The van der Waals surface area contributed by atoms with Gasteiger partial charge in [-0.05, 0) is 36.6 Å². The first-order valence-corrected chi connectivity index (χ1v) is 9.29. The topological polar surface area (TPSA) is 67.9 Å². The molecule has 0 saturated heterocycles. The smallest absolute Gasteiger partial charge is 0.226 e. The second kappa shape index (κ2) is 9.78. The van der Waals surface area contributed by atoms with Gasteiger partial charge in [0.15, 0.2) is 0 Å². The average molecular weight is 384 g/mol. The van der Waals surface area contributed by atoms with Gasteiger partial charge in [-0.3, -0.25) is 9.59 Å². The van der Waals surface area contributed by atoms with E-state index in [1.165, 1.54) is 6.92 Å². The predicted octanol–water partition coefficient (Wildman–Crippen LogP) is 3.96. The van der Waals surface area contributed by atoms with Gasteiger partial charge in [0.05, 0.1) is 19.9 Å². The van der Waals surface area contributed by atoms with Crippen LogP contribution in [0.25, 0.3) is 0 Å². The molecule has 0 aliphatic carbocycles. The molecule has 2 aromatic rings. The highest BCUT2D eigenvalue weighted by Gasteiger charge is 2.18. The van der Waals surface area contributed by atoms with E-state index in [9.17, 15) is 9.59 Å². The molecule has 0 atom stereocenters. The molecule has 6 heteroatoms. The molecule has 0 radical (unpaired) electrons. The maximum atomic E-state index is 12.5. The van der Waals surface area contributed by atoms with E-state index in [1.54, 1.807) is 37.3 Å². The lowest BCUT2D eigenvalue weighted by Crippen LogP contribution is -2.33. The van der Waals surface area contributed by atoms with Crippen LogP contribution in [0.2, 0.25) is 0 Å². The van der Waals surface area contributed by atoms with Gasteiger partial charge in [-0.2, -0.15) is 0 Å². The number of amides is 2. The Morgan fingerprint density at radius 2 is 1.86 bits per heavy atom. The van der Waals surface area contributed by atoms with Gasteiger partial charge in [0.25, 0.3) is 0 Å². The zero-order valence-corrected chi connectivity index (χ0v) is 17.2. The second-order valence-corrected chi connectivity index (χ2v) is 6.47. The first-order chi connectivity index (χ1) is 13.4. The minimum atomic E-state index is -0.204. The van der Waals surface area contributed by atoms with Crippen molar-refractivity contribution >= 4 is 23.2 Å². The van der Waals surface area contributed by atoms with Crippen molar-refractivity contribution in [3.8, 4) is 11.5 Å². The summed E-state index contributed by atoms with van der Waals surface area (Å²) in [5, 5.41) is 2.84. The molecular formula is C22H28N2O4. The molecule has 0 saturated carbocycles. The summed E-state index contributed by atoms with van der Waals surface area (Å²) >= 11 is 0. The summed E-state index contributed by atoms with van der Waals surface area (Å²) in [6, 6.07) is 11.2. The number of rotatable bonds is 8. The zero-order valence-electron chi connectivity index (χ0n) is 17.2. The fraction of sp³-hybridized carbons (Fsp3) is 0.364. The van der Waals surface area contributed by atoms with E-state index < -0.39 is 0 Å². The number of nitrogens with one attached hydrogen (secondary N) is 1. The van der Waals surface area contributed by atoms with Crippen LogP contribution >= 0.6 is 0 Å². The van der Waals surface area contributed by atoms with Crippen molar-refractivity contribution in [2.75, 3.05) is 31.0 Å². The number of hydrogen-bond acceptors (Lipinski definition) is 4. The van der Waals surface area contributed by atoms with E-state index in [2.05, 4.69) is 12.2 Å². The van der Waals surface area contributed by atoms with Gasteiger partial charge in [-0.15, -0.1) is 0 Å². The van der Waals surface area contributed by atoms with Crippen LogP contribution in [0.4, 0.5) is 11.4 Å². The van der Waals surface area contributed by atoms with Crippen molar-refractivity contribution < 1.29 is 19.1 Å². The van der Waals surface area contributed by atoms with Crippen LogP contribution in [0.3, 0.4) is 0 Å². The van der Waals surface area contributed by atoms with Crippen LogP contribution in [0.15, 0.2) is 36.4 Å². The second-order valence-electron chi connectivity index (χ2n) is 6.47. The van der Waals surface area contributed by atoms with E-state index >= 15 is 0 Å². The van der Waals surface area contributed by atoms with Crippen molar-refractivity contribution in [2.24, 2.45) is 0 Å². The van der Waals surface area contributed by atoms with Gasteiger partial charge >= 0.3 is 0 Å². The van der Waals surface area contributed by atoms with Crippen molar-refractivity contribution in [1.82, 2.24) is 0 Å². The Morgan fingerprint density at radius 1 is 1.11 bits per heavy atom. The highest BCUT2D eigenvalue weighted by molar-refractivity contribution is 5.96. The molecule has 1 N–H and O–H groups in total. The zero-order chi connectivity index (χ0) is 20.7. The minimum absolute atomic E-state index is 0.0873. The van der Waals surface area contributed by atoms with Crippen LogP contribution in [-0.4, -0.2) is 32.6 Å². The third-order valence-electron chi connectivity index (χ3n) is 4.60. The number of nitrogens with zero attached hydrogens (tertiary/aromatic N) is 1. The Hall–Kier alpha value is -3.02. The van der Waals surface area contributed by atoms with Gasteiger partial charge in [0.1, 0.15) is 11.5 Å². The molecule has 28 heavy (non-hydrogen) atoms. The number of hydrogen-bond donors (Lipinski definition) is 1. The fourth-order valence-electron chi connectivity index (χ4n) is 3.16. The van der Waals surface area contributed by atoms with Crippen LogP contribution in [0, 0.1) is 6.92 Å². The van der Waals surface area contributed by atoms with Crippen LogP contribution in [0.5, 0.6) is 11.5 Å². The summed E-state index contributed by atoms with van der Waals surface area (Å²) in [4.78, 5) is 26.5. The molecule has 2 rings (SSSR count). The molecule has 0 spiro atoms. The molecule has 6 nitrogen and oxygen atoms in total. The maximum absolute atomic E-state index is 12.5. The normalized spacial score (nSPS) is 10.3. The summed E-state index contributed by atoms with van der Waals surface area (Å²) in [6.45, 7) is 5.85. The Morgan fingerprint density at radius 3 is 2.46 bits per heavy atom. The Bertz CT molecular complexity index is 848. The molecular weight excluding hydrogens is 356 g/mol. The number of methoxy groups -OCH3 is 2. The van der Waals surface area contributed by atoms with E-state index in [0.717, 1.165) is 23.2 Å². The highest BCUT2D eigenvalue weighted by atomic mass is 16.5. The van der Waals surface area contributed by atoms with Gasteiger partial charge in [-0.25, -0.2) is 0 Å². The largest absolute Gasteiger partial charge is 0.497 e. The van der Waals surface area contributed by atoms with Gasteiger partial charge in [0.2, 0.25) is 11.8 Å². The fourth-order valence-corrected chi connectivity index (χ4v) is 3.16. The predicted molar refractivity (Wildman–Crippen MR) is 111 cm³/mol. The van der Waals surface area contributed by atoms with Crippen molar-refractivity contribution in [2.45, 2.75) is 33.6 Å². The summed E-state index contributed by atoms with van der Waals surface area (Å²) in [5.41, 5.74) is 3.53. The molecule has 0 aliphatic heterocycles. The number of anilines is 2. The molecule has 0 unspecified atom stereocenters. The lowest BCUT2D eigenvalue weighted by molar-refractivity contribution is -0.117. The number of benzene rings is 2. The van der Waals surface area contributed by atoms with E-state index in [1.807, 2.05) is 25.1 Å². The third kappa shape index (κ3) is 5.03. The first-order valence-electron chi connectivity index (χ1n) is 9.29. The summed E-state index contributed by atoms with van der Waals surface area (Å²) < 4.78 is 10.5. The van der Waals surface area contributed by atoms with E-state index in [0.29, 0.717) is 23.7 Å². The standard InChI is InChI=1S/C22H28N2O4/c1-6-17-9-7-8-15(2)22(17)24(16(3)25)13-12-21(26)23-19-14-18(27-4)10-11-20(19)28-5/h7-11,14H,6,12-13H2,1-5H3,(H,23,26). The highest BCUT2D eigenvalue weighted by Crippen LogP contribution is 2.29. The van der Waals surface area contributed by atoms with E-state index in [-0.39, 0.29) is 18.2 Å². The summed E-state index contributed by atoms with van der Waals surface area (Å²) in [6.07, 6.45) is 0.978. The number of ether oxygens (including phenoxy) is 2. The molecule has 0 heterocycles. The average Bonchev–Trinajstić information content (AvgIpc) is 2.68. The lowest BCUT2D eigenvalue weighted by Gasteiger charge is -2.25. The van der Waals surface area contributed by atoms with Crippen LogP contribution in [0.1, 0.15) is 31.4 Å². The summed E-state index contributed by atoms with van der Waals surface area (Å²) in [5.74, 6) is 0.874. The molecule has 0 aliphatic rings. The van der Waals surface area contributed by atoms with Gasteiger partial charge in [0, 0.05) is 31.6 Å². The number of aryl methyl sites for hydroxylation is 2. The van der Waals surface area contributed by atoms with Gasteiger partial charge < -0.3 is 19.7 Å². The third-order valence-corrected chi connectivity index (χ3v) is 4.60. The van der Waals surface area contributed by atoms with Crippen LogP contribution in [-0.2, 0) is 16.0 Å². The number of carbonyl (C=O) groups is 2. The molecule has 0 aromatic heterocycles. The lowest BCUT2D eigenvalue weighted by atomic mass is 10.0. The van der Waals surface area contributed by atoms with Crippen molar-refractivity contribution in [1.29, 1.82) is 0 Å². The Labute approximate surface area is 166 Å². The number of para-hydroxylation sites is 1. The first kappa shape index (κ1) is 21.3. The Balaban J connectivity index is 2.15. The van der Waals surface area contributed by atoms with Crippen molar-refractivity contribution in [3.05, 3.63) is 47.5 Å². The summed E-state index contributed by atoms with van der Waals surface area (Å²) in [7, 11) is 3.10. The molecule has 0 bridgehead atoms. The minimum Gasteiger partial charge on any atom is -0.497 e. The van der Waals surface area contributed by atoms with Crippen LogP contribution < -0.4 is 19.7 Å². The van der Waals surface area contributed by atoms with E-state index in [4.69, 9.17) is 9.47 Å². The quantitative estimate of drug-likeness (QED) is 0.748. The molecule has 2 aromatic carbocycles. The molecule has 0 fully saturated rings. The molecule has 2 amide bonds. The van der Waals surface area contributed by atoms with Crippen molar-refractivity contribution in [3.63, 3.8) is 0 Å². The number of carbonyl (C=O) groups excluding carboxylic acids is 2. The maximum Gasteiger partial charge on any atom is 0.226 e. The van der Waals surface area contributed by atoms with Gasteiger partial charge in [-0.1, -0.05) is 25.1 Å².